The number of rotatable bonds is 3. The van der Waals surface area contributed by atoms with Gasteiger partial charge in [0.2, 0.25) is 0 Å². The average Bonchev–Trinajstić information content (AvgIpc) is 1.89. The first-order chi connectivity index (χ1) is 4.72. The fourth-order valence-electron chi connectivity index (χ4n) is 0.578. The van der Waals surface area contributed by atoms with Gasteiger partial charge in [-0.3, -0.25) is 9.98 Å². The number of hydrogen-bond acceptors (Lipinski definition) is 2. The van der Waals surface area contributed by atoms with Crippen molar-refractivity contribution in [2.75, 3.05) is 6.54 Å². The summed E-state index contributed by atoms with van der Waals surface area (Å²) in [5, 5.41) is 0. The van der Waals surface area contributed by atoms with E-state index in [4.69, 9.17) is 0 Å². The van der Waals surface area contributed by atoms with Crippen LogP contribution in [0.3, 0.4) is 0 Å². The lowest BCUT2D eigenvalue weighted by atomic mass is 10.3. The summed E-state index contributed by atoms with van der Waals surface area (Å²) in [5.74, 6) is 0. The smallest absolute Gasteiger partial charge is 0.0761 e. The van der Waals surface area contributed by atoms with Gasteiger partial charge in [-0.25, -0.2) is 0 Å². The third-order valence-electron chi connectivity index (χ3n) is 1.10. The molecule has 0 aliphatic heterocycles. The van der Waals surface area contributed by atoms with E-state index in [0.717, 1.165) is 18.0 Å². The molecule has 0 aliphatic rings. The van der Waals surface area contributed by atoms with Gasteiger partial charge in [-0.15, -0.1) is 0 Å². The van der Waals surface area contributed by atoms with Crippen molar-refractivity contribution in [2.24, 2.45) is 9.98 Å². The average molecular weight is 138 g/mol. The maximum absolute atomic E-state index is 4.15. The SMILES string of the molecule is C=C(N=CC)C(C)=NCC. The highest BCUT2D eigenvalue weighted by Crippen LogP contribution is 1.95. The Kier molecular flexibility index (Phi) is 4.46. The molecule has 0 amide bonds. The molecule has 0 radical (unpaired) electrons. The molecule has 0 aromatic rings. The van der Waals surface area contributed by atoms with Crippen LogP contribution < -0.4 is 0 Å². The minimum absolute atomic E-state index is 0.754. The van der Waals surface area contributed by atoms with Crippen LogP contribution in [0, 0.1) is 0 Å². The van der Waals surface area contributed by atoms with Crippen molar-refractivity contribution in [3.63, 3.8) is 0 Å². The topological polar surface area (TPSA) is 24.7 Å². The van der Waals surface area contributed by atoms with Crippen LogP contribution in [-0.2, 0) is 0 Å². The Morgan fingerprint density at radius 1 is 1.60 bits per heavy atom. The normalized spacial score (nSPS) is 12.5. The zero-order chi connectivity index (χ0) is 7.98. The van der Waals surface area contributed by atoms with Crippen molar-refractivity contribution in [3.8, 4) is 0 Å². The lowest BCUT2D eigenvalue weighted by Gasteiger charge is -1.95. The molecule has 2 nitrogen and oxygen atoms in total. The fourth-order valence-corrected chi connectivity index (χ4v) is 0.578. The van der Waals surface area contributed by atoms with E-state index in [0.29, 0.717) is 0 Å². The van der Waals surface area contributed by atoms with Gasteiger partial charge in [0.1, 0.15) is 0 Å². The maximum atomic E-state index is 4.15. The monoisotopic (exact) mass is 138 g/mol. The molecular weight excluding hydrogens is 124 g/mol. The molecule has 2 heteroatoms. The van der Waals surface area contributed by atoms with E-state index >= 15 is 0 Å². The molecule has 0 atom stereocenters. The molecule has 0 spiro atoms. The summed E-state index contributed by atoms with van der Waals surface area (Å²) in [4.78, 5) is 8.14. The van der Waals surface area contributed by atoms with Gasteiger partial charge in [0.15, 0.2) is 0 Å². The second-order valence-corrected chi connectivity index (χ2v) is 1.89. The number of nitrogens with zero attached hydrogens (tertiary/aromatic N) is 2. The molecule has 0 aliphatic carbocycles. The van der Waals surface area contributed by atoms with Gasteiger partial charge in [0, 0.05) is 12.8 Å². The minimum atomic E-state index is 0.754. The van der Waals surface area contributed by atoms with Crippen LogP contribution in [0.1, 0.15) is 20.8 Å². The van der Waals surface area contributed by atoms with Crippen molar-refractivity contribution in [2.45, 2.75) is 20.8 Å². The molecule has 0 saturated carbocycles. The molecular formula is C8H14N2. The van der Waals surface area contributed by atoms with E-state index in [1.165, 1.54) is 0 Å². The van der Waals surface area contributed by atoms with Gasteiger partial charge >= 0.3 is 0 Å². The predicted octanol–water partition coefficient (Wildman–Crippen LogP) is 2.07. The van der Waals surface area contributed by atoms with Gasteiger partial charge < -0.3 is 0 Å². The second-order valence-electron chi connectivity index (χ2n) is 1.89. The number of allylic oxidation sites excluding steroid dienone is 1. The molecule has 0 fully saturated rings. The first kappa shape index (κ1) is 9.08. The third-order valence-corrected chi connectivity index (χ3v) is 1.10. The summed E-state index contributed by atoms with van der Waals surface area (Å²) in [7, 11) is 0. The van der Waals surface area contributed by atoms with Crippen molar-refractivity contribution < 1.29 is 0 Å². The zero-order valence-corrected chi connectivity index (χ0v) is 6.89. The van der Waals surface area contributed by atoms with Crippen molar-refractivity contribution in [3.05, 3.63) is 12.3 Å². The van der Waals surface area contributed by atoms with Crippen LogP contribution in [0.25, 0.3) is 0 Å². The molecule has 0 unspecified atom stereocenters. The summed E-state index contributed by atoms with van der Waals surface area (Å²) >= 11 is 0. The minimum Gasteiger partial charge on any atom is -0.288 e. The standard InChI is InChI=1S/C8H14N2/c1-5-9-7(3)8(4)10-6-2/h5H,3,6H2,1-2,4H3. The molecule has 10 heavy (non-hydrogen) atoms. The van der Waals surface area contributed by atoms with E-state index in [-0.39, 0.29) is 0 Å². The highest BCUT2D eigenvalue weighted by molar-refractivity contribution is 5.98. The van der Waals surface area contributed by atoms with Crippen molar-refractivity contribution >= 4 is 11.9 Å². The Bertz CT molecular complexity index is 166. The Morgan fingerprint density at radius 3 is 2.60 bits per heavy atom. The van der Waals surface area contributed by atoms with E-state index in [2.05, 4.69) is 16.6 Å². The van der Waals surface area contributed by atoms with Gasteiger partial charge in [-0.05, 0) is 20.8 Å². The molecule has 0 saturated heterocycles. The van der Waals surface area contributed by atoms with E-state index < -0.39 is 0 Å². The fraction of sp³-hybridized carbons (Fsp3) is 0.500. The highest BCUT2D eigenvalue weighted by atomic mass is 14.8. The third kappa shape index (κ3) is 3.17. The van der Waals surface area contributed by atoms with E-state index in [9.17, 15) is 0 Å². The summed E-state index contributed by atoms with van der Waals surface area (Å²) < 4.78 is 0. The quantitative estimate of drug-likeness (QED) is 0.533. The Hall–Kier alpha value is -0.920. The number of hydrogen-bond donors (Lipinski definition) is 0. The predicted molar refractivity (Wildman–Crippen MR) is 47.0 cm³/mol. The lowest BCUT2D eigenvalue weighted by molar-refractivity contribution is 1.12. The lowest BCUT2D eigenvalue weighted by Crippen LogP contribution is -1.93. The van der Waals surface area contributed by atoms with Crippen molar-refractivity contribution in [1.82, 2.24) is 0 Å². The molecule has 0 rings (SSSR count). The summed E-state index contributed by atoms with van der Waals surface area (Å²) in [6.45, 7) is 10.3. The molecule has 56 valence electrons. The Morgan fingerprint density at radius 2 is 2.20 bits per heavy atom. The molecule has 0 N–H and O–H groups in total. The molecule has 0 aromatic heterocycles. The van der Waals surface area contributed by atoms with Crippen LogP contribution >= 0.6 is 0 Å². The van der Waals surface area contributed by atoms with Crippen LogP contribution in [-0.4, -0.2) is 18.5 Å². The molecule has 0 aromatic carbocycles. The van der Waals surface area contributed by atoms with Gasteiger partial charge in [0.05, 0.1) is 11.4 Å². The Balaban J connectivity index is 4.07. The van der Waals surface area contributed by atoms with E-state index in [1.54, 1.807) is 6.21 Å². The Labute approximate surface area is 62.4 Å². The summed E-state index contributed by atoms with van der Waals surface area (Å²) in [6.07, 6.45) is 1.72. The number of aliphatic imine (C=N–C) groups is 2. The maximum Gasteiger partial charge on any atom is 0.0761 e. The van der Waals surface area contributed by atoms with Gasteiger partial charge in [0.25, 0.3) is 0 Å². The van der Waals surface area contributed by atoms with Gasteiger partial charge in [-0.2, -0.15) is 0 Å². The summed E-state index contributed by atoms with van der Waals surface area (Å²) in [6, 6.07) is 0. The highest BCUT2D eigenvalue weighted by Gasteiger charge is 1.91. The van der Waals surface area contributed by atoms with Crippen LogP contribution in [0.5, 0.6) is 0 Å². The second kappa shape index (κ2) is 4.91. The first-order valence-electron chi connectivity index (χ1n) is 3.41. The molecule has 0 bridgehead atoms. The van der Waals surface area contributed by atoms with Gasteiger partial charge in [-0.1, -0.05) is 6.58 Å². The van der Waals surface area contributed by atoms with Crippen molar-refractivity contribution in [1.29, 1.82) is 0 Å². The zero-order valence-electron chi connectivity index (χ0n) is 6.89. The largest absolute Gasteiger partial charge is 0.288 e. The van der Waals surface area contributed by atoms with Crippen LogP contribution in [0.4, 0.5) is 0 Å². The van der Waals surface area contributed by atoms with Crippen LogP contribution in [0.2, 0.25) is 0 Å². The summed E-state index contributed by atoms with van der Waals surface area (Å²) in [5.41, 5.74) is 1.67. The molecule has 0 heterocycles. The van der Waals surface area contributed by atoms with Crippen LogP contribution in [0.15, 0.2) is 22.3 Å². The first-order valence-corrected chi connectivity index (χ1v) is 3.41. The van der Waals surface area contributed by atoms with E-state index in [1.807, 2.05) is 20.8 Å².